The normalized spacial score (nSPS) is 25.8. The molecule has 14 heteroatoms. The van der Waals surface area contributed by atoms with Crippen molar-refractivity contribution < 1.29 is 42.6 Å². The molecule has 0 saturated carbocycles. The maximum atomic E-state index is 12.4. The Bertz CT molecular complexity index is 782. The first-order valence-corrected chi connectivity index (χ1v) is 14.5. The molecule has 1 amide bonds. The molecule has 10 nitrogen and oxygen atoms in total. The fourth-order valence-corrected chi connectivity index (χ4v) is 4.04. The second-order valence-corrected chi connectivity index (χ2v) is 16.5. The van der Waals surface area contributed by atoms with Crippen molar-refractivity contribution in [1.29, 1.82) is 0 Å². The van der Waals surface area contributed by atoms with Gasteiger partial charge in [-0.1, -0.05) is 55.6 Å². The van der Waals surface area contributed by atoms with Crippen LogP contribution < -0.4 is 5.32 Å². The summed E-state index contributed by atoms with van der Waals surface area (Å²) in [5.74, 6) is -3.31. The predicted molar refractivity (Wildman–Crippen MR) is 127 cm³/mol. The zero-order valence-corrected chi connectivity index (χ0v) is 23.7. The van der Waals surface area contributed by atoms with Crippen LogP contribution in [0.25, 0.3) is 0 Å². The minimum atomic E-state index is -2.36. The minimum absolute atomic E-state index is 0.0842. The number of hydrogen-bond acceptors (Lipinski definition) is 9. The molecule has 1 fully saturated rings. The number of alkyl halides is 3. The van der Waals surface area contributed by atoms with Crippen molar-refractivity contribution in [2.75, 3.05) is 6.61 Å². The summed E-state index contributed by atoms with van der Waals surface area (Å²) in [7, 11) is -2.30. The molecule has 0 aromatic rings. The first-order chi connectivity index (χ1) is 15.3. The van der Waals surface area contributed by atoms with Gasteiger partial charge in [0.1, 0.15) is 6.10 Å². The van der Waals surface area contributed by atoms with Crippen molar-refractivity contribution in [3.8, 4) is 0 Å². The molecule has 5 atom stereocenters. The van der Waals surface area contributed by atoms with Gasteiger partial charge in [0.25, 0.3) is 9.70 Å². The van der Waals surface area contributed by atoms with E-state index in [4.69, 9.17) is 58.2 Å². The van der Waals surface area contributed by atoms with Crippen LogP contribution >= 0.6 is 34.8 Å². The fourth-order valence-electron chi connectivity index (χ4n) is 2.86. The van der Waals surface area contributed by atoms with Crippen LogP contribution in [0.15, 0.2) is 0 Å². The van der Waals surface area contributed by atoms with E-state index in [1.54, 1.807) is 0 Å². The summed E-state index contributed by atoms with van der Waals surface area (Å²) >= 11 is 17.0. The molecule has 0 spiro atoms. The quantitative estimate of drug-likeness (QED) is 0.215. The van der Waals surface area contributed by atoms with Crippen LogP contribution in [0.1, 0.15) is 41.5 Å². The molecule has 1 rings (SSSR count). The Labute approximate surface area is 215 Å². The third-order valence-corrected chi connectivity index (χ3v) is 10.5. The van der Waals surface area contributed by atoms with E-state index >= 15 is 0 Å². The van der Waals surface area contributed by atoms with Gasteiger partial charge in [-0.15, -0.1) is 0 Å². The van der Waals surface area contributed by atoms with E-state index in [1.165, 1.54) is 0 Å². The van der Waals surface area contributed by atoms with Crippen LogP contribution in [-0.2, 0) is 42.6 Å². The van der Waals surface area contributed by atoms with Crippen molar-refractivity contribution in [1.82, 2.24) is 5.32 Å². The SMILES string of the molecule is CC(=O)O[C@H]1[C@@H](OC(C)=O)[C@@H](CO[Si](C)(C)C(C)(C)C)O[C@H](NC(=O)C(Cl)(Cl)Cl)[C@@H]1OC(C)=O. The number of rotatable bonds is 7. The standard InChI is InChI=1S/C20H32Cl3NO9Si/c1-10(25)30-14-13(9-29-34(7,8)19(4,5)6)33-17(24-18(28)20(21,22)23)16(32-12(3)27)15(14)31-11(2)26/h13-17H,9H2,1-8H3,(H,24,28)/t13-,14+,15+,16-,17+/m1/s1. The lowest BCUT2D eigenvalue weighted by Crippen LogP contribution is -2.67. The Morgan fingerprint density at radius 3 is 1.71 bits per heavy atom. The smallest absolute Gasteiger partial charge is 0.303 e. The number of nitrogens with one attached hydrogen (secondary N) is 1. The molecule has 0 aliphatic carbocycles. The molecule has 196 valence electrons. The maximum Gasteiger partial charge on any atom is 0.303 e. The molecule has 1 aliphatic heterocycles. The number of carbonyl (C=O) groups is 4. The summed E-state index contributed by atoms with van der Waals surface area (Å²) in [5, 5.41) is 2.18. The average molecular weight is 565 g/mol. The van der Waals surface area contributed by atoms with Gasteiger partial charge < -0.3 is 28.7 Å². The Morgan fingerprint density at radius 2 is 1.29 bits per heavy atom. The largest absolute Gasteiger partial charge is 0.456 e. The van der Waals surface area contributed by atoms with Gasteiger partial charge in [-0.25, -0.2) is 0 Å². The van der Waals surface area contributed by atoms with Crippen LogP contribution in [0.4, 0.5) is 0 Å². The summed E-state index contributed by atoms with van der Waals surface area (Å²) < 4.78 is 25.9. The van der Waals surface area contributed by atoms with Gasteiger partial charge in [0.05, 0.1) is 6.61 Å². The summed E-state index contributed by atoms with van der Waals surface area (Å²) in [6, 6.07) is 0. The fraction of sp³-hybridized carbons (Fsp3) is 0.800. The topological polar surface area (TPSA) is 126 Å². The Kier molecular flexibility index (Phi) is 10.7. The van der Waals surface area contributed by atoms with Gasteiger partial charge in [-0.3, -0.25) is 19.2 Å². The van der Waals surface area contributed by atoms with E-state index < -0.39 is 66.6 Å². The molecule has 0 aromatic heterocycles. The minimum Gasteiger partial charge on any atom is -0.456 e. The van der Waals surface area contributed by atoms with Crippen molar-refractivity contribution in [2.24, 2.45) is 0 Å². The zero-order chi connectivity index (χ0) is 26.6. The lowest BCUT2D eigenvalue weighted by molar-refractivity contribution is -0.255. The molecule has 0 aromatic carbocycles. The van der Waals surface area contributed by atoms with E-state index in [1.807, 2.05) is 33.9 Å². The van der Waals surface area contributed by atoms with E-state index in [2.05, 4.69) is 5.32 Å². The van der Waals surface area contributed by atoms with Crippen molar-refractivity contribution in [3.05, 3.63) is 0 Å². The lowest BCUT2D eigenvalue weighted by Gasteiger charge is -2.46. The van der Waals surface area contributed by atoms with Crippen LogP contribution in [0.3, 0.4) is 0 Å². The highest BCUT2D eigenvalue weighted by Crippen LogP contribution is 2.38. The number of carbonyl (C=O) groups excluding carboxylic acids is 4. The first-order valence-electron chi connectivity index (χ1n) is 10.4. The maximum absolute atomic E-state index is 12.4. The molecule has 1 aliphatic rings. The molecular weight excluding hydrogens is 533 g/mol. The predicted octanol–water partition coefficient (Wildman–Crippen LogP) is 3.01. The lowest BCUT2D eigenvalue weighted by atomic mass is 9.97. The number of hydrogen-bond donors (Lipinski definition) is 1. The van der Waals surface area contributed by atoms with Crippen LogP contribution in [0.5, 0.6) is 0 Å². The highest BCUT2D eigenvalue weighted by atomic mass is 35.6. The Balaban J connectivity index is 3.45. The molecular formula is C20H32Cl3NO9Si. The summed E-state index contributed by atoms with van der Waals surface area (Å²) in [6.07, 6.45) is -6.46. The molecule has 0 bridgehead atoms. The Morgan fingerprint density at radius 1 is 0.853 bits per heavy atom. The first kappa shape index (κ1) is 30.9. The number of amides is 1. The molecule has 0 unspecified atom stereocenters. The van der Waals surface area contributed by atoms with E-state index in [0.29, 0.717) is 0 Å². The summed E-state index contributed by atoms with van der Waals surface area (Å²) in [6.45, 7) is 13.4. The Hall–Kier alpha value is -1.11. The molecule has 0 radical (unpaired) electrons. The van der Waals surface area contributed by atoms with E-state index in [-0.39, 0.29) is 11.6 Å². The van der Waals surface area contributed by atoms with Gasteiger partial charge in [0.2, 0.25) is 0 Å². The van der Waals surface area contributed by atoms with Crippen molar-refractivity contribution >= 4 is 66.9 Å². The van der Waals surface area contributed by atoms with Crippen LogP contribution in [-0.4, -0.2) is 73.2 Å². The third kappa shape index (κ3) is 8.83. The number of esters is 3. The van der Waals surface area contributed by atoms with Crippen molar-refractivity contribution in [2.45, 2.75) is 94.1 Å². The van der Waals surface area contributed by atoms with Gasteiger partial charge in [0.15, 0.2) is 32.9 Å². The highest BCUT2D eigenvalue weighted by Gasteiger charge is 2.53. The van der Waals surface area contributed by atoms with Crippen LogP contribution in [0.2, 0.25) is 18.1 Å². The summed E-state index contributed by atoms with van der Waals surface area (Å²) in [5.41, 5.74) is 0. The zero-order valence-electron chi connectivity index (χ0n) is 20.4. The van der Waals surface area contributed by atoms with Gasteiger partial charge >= 0.3 is 17.9 Å². The van der Waals surface area contributed by atoms with E-state index in [9.17, 15) is 19.2 Å². The second-order valence-electron chi connectivity index (χ2n) is 9.36. The molecule has 1 saturated heterocycles. The van der Waals surface area contributed by atoms with Gasteiger partial charge in [-0.05, 0) is 18.1 Å². The third-order valence-electron chi connectivity index (χ3n) is 5.49. The molecule has 34 heavy (non-hydrogen) atoms. The van der Waals surface area contributed by atoms with E-state index in [0.717, 1.165) is 20.8 Å². The highest BCUT2D eigenvalue weighted by molar-refractivity contribution is 6.76. The number of halogens is 3. The number of ether oxygens (including phenoxy) is 4. The van der Waals surface area contributed by atoms with Gasteiger partial charge in [-0.2, -0.15) is 0 Å². The summed E-state index contributed by atoms with van der Waals surface area (Å²) in [4.78, 5) is 48.0. The average Bonchev–Trinajstić information content (AvgIpc) is 2.62. The second kappa shape index (κ2) is 11.7. The van der Waals surface area contributed by atoms with Crippen molar-refractivity contribution in [3.63, 3.8) is 0 Å². The molecule has 1 heterocycles. The van der Waals surface area contributed by atoms with Gasteiger partial charge in [0, 0.05) is 20.8 Å². The monoisotopic (exact) mass is 563 g/mol. The molecule has 1 N–H and O–H groups in total. The van der Waals surface area contributed by atoms with Crippen LogP contribution in [0, 0.1) is 0 Å².